The molecule has 0 aliphatic carbocycles. The molecule has 0 saturated carbocycles. The van der Waals surface area contributed by atoms with E-state index in [1.54, 1.807) is 12.1 Å². The second kappa shape index (κ2) is 3.74. The largest absolute Gasteiger partial charge is 0.426 e. The lowest BCUT2D eigenvalue weighted by Gasteiger charge is -2.03. The number of benzene rings is 1. The van der Waals surface area contributed by atoms with E-state index in [2.05, 4.69) is 4.52 Å². The summed E-state index contributed by atoms with van der Waals surface area (Å²) in [7, 11) is -2.87. The molecular weight excluding hydrogens is 175 g/mol. The standard InChI is InChI=1S/C8H11O3P/c1-6-3-7(2)5-8(4-6)11-12(9)10/h3-5,12H,1-2H3,(H,9,10). The molecule has 3 nitrogen and oxygen atoms in total. The van der Waals surface area contributed by atoms with E-state index in [4.69, 9.17) is 4.89 Å². The van der Waals surface area contributed by atoms with Crippen molar-refractivity contribution in [2.45, 2.75) is 13.8 Å². The molecule has 0 fully saturated rings. The monoisotopic (exact) mass is 186 g/mol. The molecule has 0 amide bonds. The summed E-state index contributed by atoms with van der Waals surface area (Å²) in [4.78, 5) is 8.51. The van der Waals surface area contributed by atoms with Crippen molar-refractivity contribution in [3.8, 4) is 5.75 Å². The van der Waals surface area contributed by atoms with Gasteiger partial charge in [0.2, 0.25) is 0 Å². The Hall–Kier alpha value is -0.790. The zero-order valence-electron chi connectivity index (χ0n) is 7.00. The highest BCUT2D eigenvalue weighted by Crippen LogP contribution is 2.24. The average Bonchev–Trinajstić information content (AvgIpc) is 1.81. The maximum Gasteiger partial charge on any atom is 0.365 e. The van der Waals surface area contributed by atoms with E-state index in [1.807, 2.05) is 19.9 Å². The van der Waals surface area contributed by atoms with Crippen molar-refractivity contribution < 1.29 is 14.0 Å². The van der Waals surface area contributed by atoms with Crippen LogP contribution >= 0.6 is 8.25 Å². The Morgan fingerprint density at radius 2 is 1.75 bits per heavy atom. The Labute approximate surface area is 71.9 Å². The summed E-state index contributed by atoms with van der Waals surface area (Å²) in [6.45, 7) is 3.82. The third kappa shape index (κ3) is 2.68. The Morgan fingerprint density at radius 3 is 2.17 bits per heavy atom. The van der Waals surface area contributed by atoms with Crippen LogP contribution in [-0.2, 0) is 4.57 Å². The van der Waals surface area contributed by atoms with Crippen molar-refractivity contribution in [2.24, 2.45) is 0 Å². The van der Waals surface area contributed by atoms with Gasteiger partial charge < -0.3 is 9.42 Å². The van der Waals surface area contributed by atoms with E-state index >= 15 is 0 Å². The SMILES string of the molecule is Cc1cc(C)cc(O[PH](=O)O)c1. The minimum absolute atomic E-state index is 0.457. The molecule has 0 bridgehead atoms. The molecule has 4 heteroatoms. The topological polar surface area (TPSA) is 46.5 Å². The third-order valence-corrected chi connectivity index (χ3v) is 1.81. The van der Waals surface area contributed by atoms with E-state index < -0.39 is 8.25 Å². The molecule has 0 spiro atoms. The third-order valence-electron chi connectivity index (χ3n) is 1.40. The highest BCUT2D eigenvalue weighted by molar-refractivity contribution is 7.32. The first-order valence-corrected chi connectivity index (χ1v) is 4.83. The fourth-order valence-corrected chi connectivity index (χ4v) is 1.41. The first kappa shape index (κ1) is 9.30. The van der Waals surface area contributed by atoms with Gasteiger partial charge in [0.05, 0.1) is 0 Å². The molecule has 1 N–H and O–H groups in total. The first-order valence-electron chi connectivity index (χ1n) is 3.57. The van der Waals surface area contributed by atoms with Crippen molar-refractivity contribution in [1.82, 2.24) is 0 Å². The van der Waals surface area contributed by atoms with Crippen molar-refractivity contribution in [3.05, 3.63) is 29.3 Å². The smallest absolute Gasteiger partial charge is 0.365 e. The van der Waals surface area contributed by atoms with Crippen LogP contribution in [0.3, 0.4) is 0 Å². The van der Waals surface area contributed by atoms with Crippen LogP contribution in [0.2, 0.25) is 0 Å². The Bertz CT molecular complexity index is 289. The molecule has 1 atom stereocenters. The number of aryl methyl sites for hydroxylation is 2. The predicted molar refractivity (Wildman–Crippen MR) is 47.8 cm³/mol. The summed E-state index contributed by atoms with van der Waals surface area (Å²) in [6.07, 6.45) is 0. The van der Waals surface area contributed by atoms with Crippen LogP contribution in [0, 0.1) is 13.8 Å². The molecule has 1 unspecified atom stereocenters. The Kier molecular flexibility index (Phi) is 2.90. The molecule has 0 aliphatic heterocycles. The predicted octanol–water partition coefficient (Wildman–Crippen LogP) is 2.06. The summed E-state index contributed by atoms with van der Waals surface area (Å²) in [5.41, 5.74) is 2.04. The fourth-order valence-electron chi connectivity index (χ4n) is 1.09. The van der Waals surface area contributed by atoms with Crippen LogP contribution in [0.5, 0.6) is 5.75 Å². The van der Waals surface area contributed by atoms with Gasteiger partial charge in [0.15, 0.2) is 0 Å². The summed E-state index contributed by atoms with van der Waals surface area (Å²) in [5, 5.41) is 0. The second-order valence-corrected chi connectivity index (χ2v) is 3.43. The highest BCUT2D eigenvalue weighted by atomic mass is 31.1. The van der Waals surface area contributed by atoms with Crippen molar-refractivity contribution >= 4 is 8.25 Å². The van der Waals surface area contributed by atoms with Crippen molar-refractivity contribution in [1.29, 1.82) is 0 Å². The molecule has 0 aromatic heterocycles. The molecule has 66 valence electrons. The molecule has 0 aliphatic rings. The van der Waals surface area contributed by atoms with Gasteiger partial charge in [-0.3, -0.25) is 0 Å². The normalized spacial score (nSPS) is 12.6. The molecule has 1 aromatic rings. The van der Waals surface area contributed by atoms with Crippen LogP contribution in [-0.4, -0.2) is 4.89 Å². The van der Waals surface area contributed by atoms with Gasteiger partial charge >= 0.3 is 8.25 Å². The molecule has 0 heterocycles. The maximum absolute atomic E-state index is 10.4. The molecule has 1 rings (SSSR count). The van der Waals surface area contributed by atoms with Crippen molar-refractivity contribution in [3.63, 3.8) is 0 Å². The quantitative estimate of drug-likeness (QED) is 0.719. The van der Waals surface area contributed by atoms with Gasteiger partial charge in [0.1, 0.15) is 5.75 Å². The van der Waals surface area contributed by atoms with Crippen LogP contribution in [0.1, 0.15) is 11.1 Å². The lowest BCUT2D eigenvalue weighted by Crippen LogP contribution is -1.83. The number of rotatable bonds is 2. The van der Waals surface area contributed by atoms with E-state index in [-0.39, 0.29) is 0 Å². The lowest BCUT2D eigenvalue weighted by molar-refractivity contribution is 0.410. The maximum atomic E-state index is 10.4. The van der Waals surface area contributed by atoms with E-state index in [9.17, 15) is 4.57 Å². The van der Waals surface area contributed by atoms with Crippen molar-refractivity contribution in [2.75, 3.05) is 0 Å². The van der Waals surface area contributed by atoms with Crippen LogP contribution in [0.25, 0.3) is 0 Å². The minimum atomic E-state index is -2.87. The summed E-state index contributed by atoms with van der Waals surface area (Å²) in [6, 6.07) is 5.43. The molecule has 0 saturated heterocycles. The van der Waals surface area contributed by atoms with E-state index in [0.29, 0.717) is 5.75 Å². The zero-order chi connectivity index (χ0) is 9.14. The van der Waals surface area contributed by atoms with Gasteiger partial charge in [-0.25, -0.2) is 4.57 Å². The molecule has 0 radical (unpaired) electrons. The molecular formula is C8H11O3P. The average molecular weight is 186 g/mol. The van der Waals surface area contributed by atoms with Gasteiger partial charge in [-0.2, -0.15) is 0 Å². The fraction of sp³-hybridized carbons (Fsp3) is 0.250. The van der Waals surface area contributed by atoms with Crippen LogP contribution in [0.4, 0.5) is 0 Å². The Balaban J connectivity index is 2.93. The second-order valence-electron chi connectivity index (χ2n) is 2.69. The zero-order valence-corrected chi connectivity index (χ0v) is 8.00. The lowest BCUT2D eigenvalue weighted by atomic mass is 10.1. The summed E-state index contributed by atoms with van der Waals surface area (Å²) >= 11 is 0. The van der Waals surface area contributed by atoms with Gasteiger partial charge in [0.25, 0.3) is 0 Å². The van der Waals surface area contributed by atoms with E-state index in [1.165, 1.54) is 0 Å². The summed E-state index contributed by atoms with van der Waals surface area (Å²) < 4.78 is 15.0. The minimum Gasteiger partial charge on any atom is -0.426 e. The highest BCUT2D eigenvalue weighted by Gasteiger charge is 1.98. The first-order chi connectivity index (χ1) is 5.58. The summed E-state index contributed by atoms with van der Waals surface area (Å²) in [5.74, 6) is 0.457. The van der Waals surface area contributed by atoms with Gasteiger partial charge in [-0.15, -0.1) is 0 Å². The number of hydrogen-bond acceptors (Lipinski definition) is 2. The van der Waals surface area contributed by atoms with Gasteiger partial charge in [-0.1, -0.05) is 6.07 Å². The van der Waals surface area contributed by atoms with Crippen LogP contribution in [0.15, 0.2) is 18.2 Å². The number of hydrogen-bond donors (Lipinski definition) is 1. The molecule has 12 heavy (non-hydrogen) atoms. The van der Waals surface area contributed by atoms with Gasteiger partial charge in [-0.05, 0) is 37.1 Å². The molecule has 1 aromatic carbocycles. The Morgan fingerprint density at radius 1 is 1.25 bits per heavy atom. The van der Waals surface area contributed by atoms with Gasteiger partial charge in [0, 0.05) is 0 Å². The van der Waals surface area contributed by atoms with E-state index in [0.717, 1.165) is 11.1 Å². The van der Waals surface area contributed by atoms with Crippen LogP contribution < -0.4 is 4.52 Å².